The van der Waals surface area contributed by atoms with E-state index in [4.69, 9.17) is 8.83 Å². The zero-order valence-corrected chi connectivity index (χ0v) is 29.1. The zero-order valence-electron chi connectivity index (χ0n) is 29.1. The van der Waals surface area contributed by atoms with Crippen molar-refractivity contribution in [2.75, 3.05) is 0 Å². The van der Waals surface area contributed by atoms with E-state index in [0.29, 0.717) is 0 Å². The van der Waals surface area contributed by atoms with Gasteiger partial charge in [0.15, 0.2) is 0 Å². The van der Waals surface area contributed by atoms with Crippen LogP contribution >= 0.6 is 0 Å². The maximum atomic E-state index is 6.76. The van der Waals surface area contributed by atoms with Crippen molar-refractivity contribution in [3.63, 3.8) is 0 Å². The fourth-order valence-electron chi connectivity index (χ4n) is 8.94. The van der Waals surface area contributed by atoms with E-state index in [1.165, 1.54) is 65.3 Å². The van der Waals surface area contributed by atoms with Crippen LogP contribution in [0.3, 0.4) is 0 Å². The molecule has 250 valence electrons. The van der Waals surface area contributed by atoms with Crippen LogP contribution < -0.4 is 0 Å². The monoisotopic (exact) mass is 686 g/mol. The average molecular weight is 687 g/mol. The number of hydrogen-bond acceptors (Lipinski definition) is 2. The second-order valence-electron chi connectivity index (χ2n) is 14.4. The summed E-state index contributed by atoms with van der Waals surface area (Å²) < 4.78 is 13.5. The molecule has 0 fully saturated rings. The fraction of sp³-hybridized carbons (Fsp3) is 0. The Morgan fingerprint density at radius 3 is 1.20 bits per heavy atom. The summed E-state index contributed by atoms with van der Waals surface area (Å²) in [6, 6.07) is 65.7. The average Bonchev–Trinajstić information content (AvgIpc) is 3.79. The highest BCUT2D eigenvalue weighted by Gasteiger charge is 2.23. The molecule has 0 atom stereocenters. The fourth-order valence-corrected chi connectivity index (χ4v) is 8.94. The van der Waals surface area contributed by atoms with Crippen LogP contribution in [0.2, 0.25) is 0 Å². The van der Waals surface area contributed by atoms with E-state index in [9.17, 15) is 0 Å². The van der Waals surface area contributed by atoms with E-state index in [2.05, 4.69) is 170 Å². The number of furan rings is 2. The smallest absolute Gasteiger partial charge is 0.147 e. The Balaban J connectivity index is 1.25. The summed E-state index contributed by atoms with van der Waals surface area (Å²) in [5.74, 6) is 0. The first-order valence-electron chi connectivity index (χ1n) is 18.5. The largest absolute Gasteiger partial charge is 0.455 e. The van der Waals surface area contributed by atoms with Crippen LogP contribution in [0.4, 0.5) is 0 Å². The van der Waals surface area contributed by atoms with Crippen molar-refractivity contribution in [3.05, 3.63) is 182 Å². The van der Waals surface area contributed by atoms with E-state index in [1.54, 1.807) is 0 Å². The van der Waals surface area contributed by atoms with E-state index in [1.807, 2.05) is 12.1 Å². The molecule has 54 heavy (non-hydrogen) atoms. The van der Waals surface area contributed by atoms with Gasteiger partial charge in [-0.15, -0.1) is 0 Å². The number of benzene rings is 10. The SMILES string of the molecule is c1ccc2cc(-c3c4ccccc4c(-c4ccc5ccccc5c4)c4cc(-c5c6oc7ccccc7c6cc6c5oc5ccccc56)ccc34)ccc2c1. The summed E-state index contributed by atoms with van der Waals surface area (Å²) in [4.78, 5) is 0. The highest BCUT2D eigenvalue weighted by molar-refractivity contribution is 6.25. The van der Waals surface area contributed by atoms with Gasteiger partial charge in [0, 0.05) is 21.5 Å². The van der Waals surface area contributed by atoms with Gasteiger partial charge in [0.25, 0.3) is 0 Å². The third kappa shape index (κ3) is 4.22. The van der Waals surface area contributed by atoms with Crippen LogP contribution in [0, 0.1) is 0 Å². The van der Waals surface area contributed by atoms with Gasteiger partial charge in [0.2, 0.25) is 0 Å². The molecule has 0 amide bonds. The molecule has 0 saturated carbocycles. The molecule has 12 aromatic rings. The van der Waals surface area contributed by atoms with Crippen LogP contribution in [-0.2, 0) is 0 Å². The lowest BCUT2D eigenvalue weighted by atomic mass is 9.84. The van der Waals surface area contributed by atoms with Crippen molar-refractivity contribution in [1.29, 1.82) is 0 Å². The molecular formula is C52H30O2. The molecule has 0 bridgehead atoms. The maximum absolute atomic E-state index is 6.76. The molecule has 10 aromatic carbocycles. The quantitative estimate of drug-likeness (QED) is 0.173. The van der Waals surface area contributed by atoms with E-state index >= 15 is 0 Å². The van der Waals surface area contributed by atoms with Crippen molar-refractivity contribution < 1.29 is 8.83 Å². The van der Waals surface area contributed by atoms with Gasteiger partial charge in [-0.3, -0.25) is 0 Å². The van der Waals surface area contributed by atoms with E-state index in [0.717, 1.165) is 55.0 Å². The highest BCUT2D eigenvalue weighted by atomic mass is 16.3. The number of rotatable bonds is 3. The topological polar surface area (TPSA) is 26.3 Å². The van der Waals surface area contributed by atoms with E-state index < -0.39 is 0 Å². The van der Waals surface area contributed by atoms with Crippen molar-refractivity contribution >= 4 is 87.0 Å². The lowest BCUT2D eigenvalue weighted by Gasteiger charge is -2.19. The lowest BCUT2D eigenvalue weighted by Crippen LogP contribution is -1.92. The first kappa shape index (κ1) is 29.4. The van der Waals surface area contributed by atoms with Crippen LogP contribution in [0.5, 0.6) is 0 Å². The van der Waals surface area contributed by atoms with Crippen molar-refractivity contribution in [1.82, 2.24) is 0 Å². The molecule has 0 spiro atoms. The van der Waals surface area contributed by atoms with Crippen LogP contribution in [0.15, 0.2) is 191 Å². The Bertz CT molecular complexity index is 3420. The normalized spacial score (nSPS) is 12.1. The Morgan fingerprint density at radius 2 is 0.648 bits per heavy atom. The van der Waals surface area contributed by atoms with E-state index in [-0.39, 0.29) is 0 Å². The Morgan fingerprint density at radius 1 is 0.241 bits per heavy atom. The van der Waals surface area contributed by atoms with Gasteiger partial charge in [0.1, 0.15) is 22.3 Å². The lowest BCUT2D eigenvalue weighted by molar-refractivity contribution is 0.658. The number of fused-ring (bicyclic) bond motifs is 10. The molecule has 0 radical (unpaired) electrons. The second kappa shape index (κ2) is 11.2. The molecule has 0 aliphatic carbocycles. The zero-order chi connectivity index (χ0) is 35.3. The van der Waals surface area contributed by atoms with Gasteiger partial charge in [-0.1, -0.05) is 146 Å². The molecule has 0 aliphatic rings. The second-order valence-corrected chi connectivity index (χ2v) is 14.4. The molecule has 12 rings (SSSR count). The first-order chi connectivity index (χ1) is 26.8. The van der Waals surface area contributed by atoms with Gasteiger partial charge in [-0.2, -0.15) is 0 Å². The summed E-state index contributed by atoms with van der Waals surface area (Å²) in [6.07, 6.45) is 0. The molecule has 0 unspecified atom stereocenters. The van der Waals surface area contributed by atoms with Gasteiger partial charge in [-0.25, -0.2) is 0 Å². The summed E-state index contributed by atoms with van der Waals surface area (Å²) in [7, 11) is 0. The molecule has 2 heteroatoms. The summed E-state index contributed by atoms with van der Waals surface area (Å²) in [5, 5.41) is 14.1. The third-order valence-corrected chi connectivity index (χ3v) is 11.4. The minimum absolute atomic E-state index is 0.838. The van der Waals surface area contributed by atoms with Crippen LogP contribution in [-0.4, -0.2) is 0 Å². The molecule has 0 aliphatic heterocycles. The molecule has 2 aromatic heterocycles. The summed E-state index contributed by atoms with van der Waals surface area (Å²) in [6.45, 7) is 0. The molecule has 2 nitrogen and oxygen atoms in total. The third-order valence-electron chi connectivity index (χ3n) is 11.4. The summed E-state index contributed by atoms with van der Waals surface area (Å²) in [5.41, 5.74) is 10.3. The van der Waals surface area contributed by atoms with Crippen molar-refractivity contribution in [2.24, 2.45) is 0 Å². The van der Waals surface area contributed by atoms with Crippen LogP contribution in [0.25, 0.3) is 120 Å². The number of hydrogen-bond donors (Lipinski definition) is 0. The maximum Gasteiger partial charge on any atom is 0.147 e. The van der Waals surface area contributed by atoms with Gasteiger partial charge in [0.05, 0.1) is 5.56 Å². The Labute approximate surface area is 310 Å². The molecule has 0 saturated heterocycles. The van der Waals surface area contributed by atoms with Gasteiger partial charge in [-0.05, 0) is 107 Å². The minimum Gasteiger partial charge on any atom is -0.455 e. The highest BCUT2D eigenvalue weighted by Crippen LogP contribution is 2.49. The van der Waals surface area contributed by atoms with Crippen LogP contribution in [0.1, 0.15) is 0 Å². The van der Waals surface area contributed by atoms with Crippen molar-refractivity contribution in [3.8, 4) is 33.4 Å². The molecular weight excluding hydrogens is 657 g/mol. The Hall–Kier alpha value is -7.16. The number of para-hydroxylation sites is 2. The first-order valence-corrected chi connectivity index (χ1v) is 18.5. The Kier molecular flexibility index (Phi) is 6.09. The molecule has 0 N–H and O–H groups in total. The molecule has 2 heterocycles. The minimum atomic E-state index is 0.838. The predicted molar refractivity (Wildman–Crippen MR) is 227 cm³/mol. The predicted octanol–water partition coefficient (Wildman–Crippen LogP) is 15.1. The van der Waals surface area contributed by atoms with Gasteiger partial charge < -0.3 is 8.83 Å². The van der Waals surface area contributed by atoms with Crippen molar-refractivity contribution in [2.45, 2.75) is 0 Å². The standard InChI is InChI=1S/C52H30O2/c1-3-13-33-27-35(23-21-31(33)11-1)48-40-17-5-6-18-41(40)49(36-24-22-32-12-2-4-14-34(32)28-36)43-29-37(25-26-42(43)48)50-51-44(38-15-7-9-19-46(38)53-51)30-45-39-16-8-10-20-47(39)54-52(45)50/h1-30H. The summed E-state index contributed by atoms with van der Waals surface area (Å²) >= 11 is 0. The van der Waals surface area contributed by atoms with Gasteiger partial charge >= 0.3 is 0 Å².